The minimum atomic E-state index is -0.954. The molecule has 1 N–H and O–H groups in total. The van der Waals surface area contributed by atoms with Crippen LogP contribution in [0.4, 0.5) is 5.69 Å². The standard InChI is InChI=1S/C14H16N2O5/c1-9-10(4-3-5-11(9)16(20)21)12(17)15-7-6-14(2,8-15)13(18)19/h3-5H,6-8H2,1-2H3,(H,18,19). The van der Waals surface area contributed by atoms with Crippen LogP contribution in [0.2, 0.25) is 0 Å². The van der Waals surface area contributed by atoms with E-state index in [4.69, 9.17) is 0 Å². The first kappa shape index (κ1) is 15.0. The van der Waals surface area contributed by atoms with E-state index in [2.05, 4.69) is 0 Å². The number of hydrogen-bond acceptors (Lipinski definition) is 4. The lowest BCUT2D eigenvalue weighted by molar-refractivity contribution is -0.385. The van der Waals surface area contributed by atoms with Gasteiger partial charge in [-0.05, 0) is 26.3 Å². The Morgan fingerprint density at radius 2 is 2.10 bits per heavy atom. The molecule has 1 aliphatic heterocycles. The monoisotopic (exact) mass is 292 g/mol. The highest BCUT2D eigenvalue weighted by atomic mass is 16.6. The first-order chi connectivity index (χ1) is 9.76. The average molecular weight is 292 g/mol. The topological polar surface area (TPSA) is 101 Å². The van der Waals surface area contributed by atoms with Gasteiger partial charge in [0.1, 0.15) is 0 Å². The number of nitro groups is 1. The zero-order valence-electron chi connectivity index (χ0n) is 11.8. The zero-order valence-corrected chi connectivity index (χ0v) is 11.8. The van der Waals surface area contributed by atoms with E-state index >= 15 is 0 Å². The summed E-state index contributed by atoms with van der Waals surface area (Å²) >= 11 is 0. The fraction of sp³-hybridized carbons (Fsp3) is 0.429. The number of carbonyl (C=O) groups is 2. The number of nitro benzene ring substituents is 1. The van der Waals surface area contributed by atoms with Crippen molar-refractivity contribution < 1.29 is 19.6 Å². The van der Waals surface area contributed by atoms with Gasteiger partial charge in [0.25, 0.3) is 11.6 Å². The number of rotatable bonds is 3. The first-order valence-electron chi connectivity index (χ1n) is 6.53. The zero-order chi connectivity index (χ0) is 15.8. The molecule has 1 fully saturated rings. The Labute approximate surface area is 121 Å². The van der Waals surface area contributed by atoms with Gasteiger partial charge in [0.05, 0.1) is 10.3 Å². The van der Waals surface area contributed by atoms with Gasteiger partial charge >= 0.3 is 5.97 Å². The highest BCUT2D eigenvalue weighted by Gasteiger charge is 2.42. The van der Waals surface area contributed by atoms with E-state index < -0.39 is 16.3 Å². The minimum absolute atomic E-state index is 0.110. The van der Waals surface area contributed by atoms with Crippen molar-refractivity contribution in [2.75, 3.05) is 13.1 Å². The van der Waals surface area contributed by atoms with Crippen LogP contribution in [-0.2, 0) is 4.79 Å². The highest BCUT2D eigenvalue weighted by Crippen LogP contribution is 2.32. The van der Waals surface area contributed by atoms with E-state index in [0.29, 0.717) is 18.5 Å². The van der Waals surface area contributed by atoms with Crippen molar-refractivity contribution in [3.8, 4) is 0 Å². The normalized spacial score (nSPS) is 21.3. The predicted octanol–water partition coefficient (Wildman–Crippen LogP) is 1.84. The molecule has 1 aliphatic rings. The first-order valence-corrected chi connectivity index (χ1v) is 6.53. The molecule has 0 aromatic heterocycles. The third kappa shape index (κ3) is 2.58. The summed E-state index contributed by atoms with van der Waals surface area (Å²) in [7, 11) is 0. The van der Waals surface area contributed by atoms with Gasteiger partial charge in [-0.2, -0.15) is 0 Å². The number of aliphatic carboxylic acids is 1. The van der Waals surface area contributed by atoms with Crippen LogP contribution < -0.4 is 0 Å². The van der Waals surface area contributed by atoms with Crippen LogP contribution in [0.15, 0.2) is 18.2 Å². The molecular weight excluding hydrogens is 276 g/mol. The number of amides is 1. The van der Waals surface area contributed by atoms with E-state index in [0.717, 1.165) is 0 Å². The minimum Gasteiger partial charge on any atom is -0.481 e. The maximum absolute atomic E-state index is 12.5. The van der Waals surface area contributed by atoms with Crippen LogP contribution >= 0.6 is 0 Å². The predicted molar refractivity (Wildman–Crippen MR) is 74.1 cm³/mol. The number of benzene rings is 1. The number of likely N-dealkylation sites (tertiary alicyclic amines) is 1. The lowest BCUT2D eigenvalue weighted by Crippen LogP contribution is -2.35. The van der Waals surface area contributed by atoms with Gasteiger partial charge in [0.15, 0.2) is 0 Å². The fourth-order valence-electron chi connectivity index (χ4n) is 2.53. The van der Waals surface area contributed by atoms with Gasteiger partial charge in [-0.25, -0.2) is 0 Å². The summed E-state index contributed by atoms with van der Waals surface area (Å²) < 4.78 is 0. The summed E-state index contributed by atoms with van der Waals surface area (Å²) in [6.07, 6.45) is 0.377. The molecular formula is C14H16N2O5. The summed E-state index contributed by atoms with van der Waals surface area (Å²) in [6.45, 7) is 3.58. The molecule has 1 saturated heterocycles. The molecule has 112 valence electrons. The fourth-order valence-corrected chi connectivity index (χ4v) is 2.53. The third-order valence-corrected chi connectivity index (χ3v) is 4.01. The molecule has 1 atom stereocenters. The number of carbonyl (C=O) groups excluding carboxylic acids is 1. The van der Waals surface area contributed by atoms with Gasteiger partial charge < -0.3 is 10.0 Å². The molecule has 1 aromatic carbocycles. The maximum atomic E-state index is 12.5. The molecule has 0 aliphatic carbocycles. The van der Waals surface area contributed by atoms with Crippen molar-refractivity contribution in [2.45, 2.75) is 20.3 Å². The highest BCUT2D eigenvalue weighted by molar-refractivity contribution is 5.97. The molecule has 21 heavy (non-hydrogen) atoms. The summed E-state index contributed by atoms with van der Waals surface area (Å²) in [5, 5.41) is 20.1. The van der Waals surface area contributed by atoms with Crippen LogP contribution in [0, 0.1) is 22.5 Å². The second kappa shape index (κ2) is 5.16. The Balaban J connectivity index is 2.29. The van der Waals surface area contributed by atoms with E-state index in [9.17, 15) is 24.8 Å². The molecule has 0 saturated carbocycles. The van der Waals surface area contributed by atoms with Crippen molar-refractivity contribution in [3.63, 3.8) is 0 Å². The Morgan fingerprint density at radius 1 is 1.43 bits per heavy atom. The van der Waals surface area contributed by atoms with Crippen LogP contribution in [0.25, 0.3) is 0 Å². The van der Waals surface area contributed by atoms with Gasteiger partial charge in [-0.3, -0.25) is 19.7 Å². The third-order valence-electron chi connectivity index (χ3n) is 4.01. The molecule has 0 spiro atoms. The van der Waals surface area contributed by atoms with E-state index in [1.807, 2.05) is 0 Å². The summed E-state index contributed by atoms with van der Waals surface area (Å²) in [5.41, 5.74) is -0.513. The van der Waals surface area contributed by atoms with Crippen molar-refractivity contribution in [1.29, 1.82) is 0 Å². The molecule has 0 radical (unpaired) electrons. The second-order valence-corrected chi connectivity index (χ2v) is 5.55. The molecule has 1 heterocycles. The lowest BCUT2D eigenvalue weighted by atomic mass is 9.90. The molecule has 1 aromatic rings. The molecule has 0 bridgehead atoms. The maximum Gasteiger partial charge on any atom is 0.311 e. The Morgan fingerprint density at radius 3 is 2.62 bits per heavy atom. The Kier molecular flexibility index (Phi) is 3.67. The molecule has 7 nitrogen and oxygen atoms in total. The van der Waals surface area contributed by atoms with Crippen molar-refractivity contribution in [1.82, 2.24) is 4.90 Å². The van der Waals surface area contributed by atoms with E-state index in [-0.39, 0.29) is 23.7 Å². The number of carboxylic acid groups (broad SMARTS) is 1. The summed E-state index contributed by atoms with van der Waals surface area (Å²) in [6, 6.07) is 4.34. The number of nitrogens with zero attached hydrogens (tertiary/aromatic N) is 2. The number of carboxylic acids is 1. The van der Waals surface area contributed by atoms with E-state index in [1.165, 1.54) is 30.0 Å². The quantitative estimate of drug-likeness (QED) is 0.676. The second-order valence-electron chi connectivity index (χ2n) is 5.55. The van der Waals surface area contributed by atoms with Crippen LogP contribution in [0.5, 0.6) is 0 Å². The van der Waals surface area contributed by atoms with Crippen molar-refractivity contribution in [2.24, 2.45) is 5.41 Å². The van der Waals surface area contributed by atoms with Crippen LogP contribution in [-0.4, -0.2) is 39.9 Å². The van der Waals surface area contributed by atoms with Crippen molar-refractivity contribution in [3.05, 3.63) is 39.4 Å². The molecule has 7 heteroatoms. The van der Waals surface area contributed by atoms with Gasteiger partial charge in [0, 0.05) is 30.3 Å². The Hall–Kier alpha value is -2.44. The lowest BCUT2D eigenvalue weighted by Gasteiger charge is -2.20. The van der Waals surface area contributed by atoms with Gasteiger partial charge in [-0.15, -0.1) is 0 Å². The SMILES string of the molecule is Cc1c(C(=O)N2CCC(C)(C(=O)O)C2)cccc1[N+](=O)[O-]. The molecule has 2 rings (SSSR count). The summed E-state index contributed by atoms with van der Waals surface area (Å²) in [5.74, 6) is -1.30. The van der Waals surface area contributed by atoms with Gasteiger partial charge in [0.2, 0.25) is 0 Å². The average Bonchev–Trinajstić information content (AvgIpc) is 2.82. The van der Waals surface area contributed by atoms with E-state index in [1.54, 1.807) is 6.92 Å². The van der Waals surface area contributed by atoms with Crippen molar-refractivity contribution >= 4 is 17.6 Å². The molecule has 1 amide bonds. The van der Waals surface area contributed by atoms with Crippen LogP contribution in [0.1, 0.15) is 29.3 Å². The van der Waals surface area contributed by atoms with Crippen LogP contribution in [0.3, 0.4) is 0 Å². The largest absolute Gasteiger partial charge is 0.481 e. The summed E-state index contributed by atoms with van der Waals surface area (Å²) in [4.78, 5) is 35.5. The Bertz CT molecular complexity index is 628. The molecule has 1 unspecified atom stereocenters. The number of hydrogen-bond donors (Lipinski definition) is 1. The smallest absolute Gasteiger partial charge is 0.311 e. The van der Waals surface area contributed by atoms with Gasteiger partial charge in [-0.1, -0.05) is 6.07 Å².